The summed E-state index contributed by atoms with van der Waals surface area (Å²) in [7, 11) is 0. The highest BCUT2D eigenvalue weighted by atomic mass is 16.1. The van der Waals surface area contributed by atoms with Gasteiger partial charge in [-0.05, 0) is 54.7 Å². The standard InChI is InChI=1S/C22H25N3O/c1-17(16-22(2,3)19-8-5-4-6-9-19)24-21(26)18-10-12-20(13-11-18)25-15-7-14-23-25/h4-15,17H,16H2,1-3H3,(H,24,26). The molecule has 4 nitrogen and oxygen atoms in total. The molecule has 0 aliphatic rings. The van der Waals surface area contributed by atoms with Gasteiger partial charge < -0.3 is 5.32 Å². The van der Waals surface area contributed by atoms with Crippen molar-refractivity contribution in [2.24, 2.45) is 0 Å². The lowest BCUT2D eigenvalue weighted by Gasteiger charge is -2.29. The molecule has 1 atom stereocenters. The third-order valence-corrected chi connectivity index (χ3v) is 4.65. The fourth-order valence-corrected chi connectivity index (χ4v) is 3.32. The van der Waals surface area contributed by atoms with Crippen molar-refractivity contribution < 1.29 is 4.79 Å². The molecular weight excluding hydrogens is 322 g/mol. The summed E-state index contributed by atoms with van der Waals surface area (Å²) in [4.78, 5) is 12.5. The summed E-state index contributed by atoms with van der Waals surface area (Å²) in [5.41, 5.74) is 2.87. The van der Waals surface area contributed by atoms with Crippen molar-refractivity contribution in [1.82, 2.24) is 15.1 Å². The first-order chi connectivity index (χ1) is 12.5. The maximum Gasteiger partial charge on any atom is 0.251 e. The Morgan fingerprint density at radius 1 is 1.08 bits per heavy atom. The van der Waals surface area contributed by atoms with Gasteiger partial charge in [0, 0.05) is 24.0 Å². The van der Waals surface area contributed by atoms with E-state index in [4.69, 9.17) is 0 Å². The molecule has 0 aliphatic carbocycles. The number of nitrogens with zero attached hydrogens (tertiary/aromatic N) is 2. The van der Waals surface area contributed by atoms with E-state index in [1.54, 1.807) is 10.9 Å². The quantitative estimate of drug-likeness (QED) is 0.720. The van der Waals surface area contributed by atoms with Crippen LogP contribution in [-0.4, -0.2) is 21.7 Å². The van der Waals surface area contributed by atoms with Gasteiger partial charge >= 0.3 is 0 Å². The molecule has 0 aliphatic heterocycles. The third kappa shape index (κ3) is 4.20. The van der Waals surface area contributed by atoms with Crippen molar-refractivity contribution in [3.63, 3.8) is 0 Å². The van der Waals surface area contributed by atoms with E-state index in [2.05, 4.69) is 55.5 Å². The zero-order chi connectivity index (χ0) is 18.6. The van der Waals surface area contributed by atoms with Gasteiger partial charge in [0.15, 0.2) is 0 Å². The van der Waals surface area contributed by atoms with Crippen LogP contribution in [0.4, 0.5) is 0 Å². The maximum absolute atomic E-state index is 12.5. The molecular formula is C22H25N3O. The molecule has 0 fully saturated rings. The van der Waals surface area contributed by atoms with Crippen molar-refractivity contribution in [3.8, 4) is 5.69 Å². The molecule has 26 heavy (non-hydrogen) atoms. The third-order valence-electron chi connectivity index (χ3n) is 4.65. The van der Waals surface area contributed by atoms with Crippen molar-refractivity contribution in [3.05, 3.63) is 84.2 Å². The Balaban J connectivity index is 1.62. The summed E-state index contributed by atoms with van der Waals surface area (Å²) in [5, 5.41) is 7.31. The average molecular weight is 347 g/mol. The zero-order valence-corrected chi connectivity index (χ0v) is 15.5. The molecule has 1 N–H and O–H groups in total. The van der Waals surface area contributed by atoms with Gasteiger partial charge in [-0.3, -0.25) is 4.79 Å². The summed E-state index contributed by atoms with van der Waals surface area (Å²) in [6.45, 7) is 6.48. The lowest BCUT2D eigenvalue weighted by atomic mass is 9.79. The van der Waals surface area contributed by atoms with Crippen LogP contribution in [0.25, 0.3) is 5.69 Å². The van der Waals surface area contributed by atoms with Gasteiger partial charge in [0.25, 0.3) is 5.91 Å². The van der Waals surface area contributed by atoms with Crippen molar-refractivity contribution in [1.29, 1.82) is 0 Å². The topological polar surface area (TPSA) is 46.9 Å². The van der Waals surface area contributed by atoms with Crippen LogP contribution in [0.5, 0.6) is 0 Å². The Morgan fingerprint density at radius 3 is 2.38 bits per heavy atom. The SMILES string of the molecule is CC(CC(C)(C)c1ccccc1)NC(=O)c1ccc(-n2cccn2)cc1. The van der Waals surface area contributed by atoms with E-state index in [-0.39, 0.29) is 17.4 Å². The van der Waals surface area contributed by atoms with Gasteiger partial charge in [-0.25, -0.2) is 4.68 Å². The number of amides is 1. The van der Waals surface area contributed by atoms with Crippen LogP contribution in [-0.2, 0) is 5.41 Å². The van der Waals surface area contributed by atoms with Crippen molar-refractivity contribution >= 4 is 5.91 Å². The van der Waals surface area contributed by atoms with E-state index in [1.165, 1.54) is 5.56 Å². The Bertz CT molecular complexity index is 837. The van der Waals surface area contributed by atoms with Crippen LogP contribution in [0.1, 0.15) is 43.1 Å². The molecule has 134 valence electrons. The number of carbonyl (C=O) groups is 1. The first-order valence-corrected chi connectivity index (χ1v) is 8.92. The molecule has 0 saturated heterocycles. The van der Waals surface area contributed by atoms with E-state index in [0.29, 0.717) is 5.56 Å². The molecule has 2 aromatic carbocycles. The molecule has 0 spiro atoms. The van der Waals surface area contributed by atoms with E-state index in [9.17, 15) is 4.79 Å². The molecule has 3 rings (SSSR count). The van der Waals surface area contributed by atoms with E-state index >= 15 is 0 Å². The van der Waals surface area contributed by atoms with E-state index < -0.39 is 0 Å². The molecule has 0 radical (unpaired) electrons. The minimum atomic E-state index is -0.0478. The maximum atomic E-state index is 12.5. The Labute approximate surface area is 154 Å². The average Bonchev–Trinajstić information content (AvgIpc) is 3.17. The van der Waals surface area contributed by atoms with Crippen LogP contribution in [0, 0.1) is 0 Å². The zero-order valence-electron chi connectivity index (χ0n) is 15.5. The Kier molecular flexibility index (Phi) is 5.21. The number of nitrogens with one attached hydrogen (secondary N) is 1. The van der Waals surface area contributed by atoms with Gasteiger partial charge in [-0.1, -0.05) is 44.2 Å². The summed E-state index contributed by atoms with van der Waals surface area (Å²) < 4.78 is 1.77. The molecule has 4 heteroatoms. The summed E-state index contributed by atoms with van der Waals surface area (Å²) >= 11 is 0. The Morgan fingerprint density at radius 2 is 1.77 bits per heavy atom. The van der Waals surface area contributed by atoms with Gasteiger partial charge in [-0.15, -0.1) is 0 Å². The molecule has 1 heterocycles. The number of aromatic nitrogens is 2. The van der Waals surface area contributed by atoms with Crippen LogP contribution in [0.15, 0.2) is 73.1 Å². The van der Waals surface area contributed by atoms with Crippen molar-refractivity contribution in [2.45, 2.75) is 38.6 Å². The molecule has 0 saturated carbocycles. The first kappa shape index (κ1) is 17.9. The first-order valence-electron chi connectivity index (χ1n) is 8.92. The number of carbonyl (C=O) groups excluding carboxylic acids is 1. The minimum absolute atomic E-state index is 0.00208. The summed E-state index contributed by atoms with van der Waals surface area (Å²) in [6.07, 6.45) is 4.48. The van der Waals surface area contributed by atoms with Gasteiger partial charge in [0.05, 0.1) is 5.69 Å². The molecule has 0 bridgehead atoms. The highest BCUT2D eigenvalue weighted by Crippen LogP contribution is 2.28. The lowest BCUT2D eigenvalue weighted by molar-refractivity contribution is 0.0934. The fourth-order valence-electron chi connectivity index (χ4n) is 3.32. The number of hydrogen-bond donors (Lipinski definition) is 1. The van der Waals surface area contributed by atoms with Gasteiger partial charge in [0.1, 0.15) is 0 Å². The highest BCUT2D eigenvalue weighted by Gasteiger charge is 2.24. The van der Waals surface area contributed by atoms with Crippen molar-refractivity contribution in [2.75, 3.05) is 0 Å². The highest BCUT2D eigenvalue weighted by molar-refractivity contribution is 5.94. The molecule has 3 aromatic rings. The van der Waals surface area contributed by atoms with Crippen LogP contribution < -0.4 is 5.32 Å². The number of benzene rings is 2. The van der Waals surface area contributed by atoms with E-state index in [0.717, 1.165) is 12.1 Å². The van der Waals surface area contributed by atoms with Gasteiger partial charge in [0.2, 0.25) is 0 Å². The van der Waals surface area contributed by atoms with Gasteiger partial charge in [-0.2, -0.15) is 5.10 Å². The molecule has 1 aromatic heterocycles. The largest absolute Gasteiger partial charge is 0.350 e. The van der Waals surface area contributed by atoms with E-state index in [1.807, 2.05) is 42.6 Å². The second-order valence-corrected chi connectivity index (χ2v) is 7.33. The lowest BCUT2D eigenvalue weighted by Crippen LogP contribution is -2.37. The number of hydrogen-bond acceptors (Lipinski definition) is 2. The fraction of sp³-hybridized carbons (Fsp3) is 0.273. The second kappa shape index (κ2) is 7.56. The number of rotatable bonds is 6. The molecule has 1 amide bonds. The smallest absolute Gasteiger partial charge is 0.251 e. The normalized spacial score (nSPS) is 12.6. The summed E-state index contributed by atoms with van der Waals surface area (Å²) in [5.74, 6) is -0.0478. The van der Waals surface area contributed by atoms with Crippen LogP contribution in [0.2, 0.25) is 0 Å². The predicted octanol–water partition coefficient (Wildman–Crippen LogP) is 4.36. The molecule has 1 unspecified atom stereocenters. The second-order valence-electron chi connectivity index (χ2n) is 7.33. The Hall–Kier alpha value is -2.88. The minimum Gasteiger partial charge on any atom is -0.350 e. The predicted molar refractivity (Wildman–Crippen MR) is 105 cm³/mol. The summed E-state index contributed by atoms with van der Waals surface area (Å²) in [6, 6.07) is 19.8. The van der Waals surface area contributed by atoms with Crippen LogP contribution >= 0.6 is 0 Å². The van der Waals surface area contributed by atoms with Crippen LogP contribution in [0.3, 0.4) is 0 Å². The monoisotopic (exact) mass is 347 g/mol.